The molecule has 1 fully saturated rings. The Kier molecular flexibility index (Phi) is 4.04. The van der Waals surface area contributed by atoms with Gasteiger partial charge in [-0.25, -0.2) is 0 Å². The van der Waals surface area contributed by atoms with E-state index in [0.717, 1.165) is 10.5 Å². The molecule has 0 aliphatic carbocycles. The molecule has 0 N–H and O–H groups in total. The van der Waals surface area contributed by atoms with E-state index in [1.54, 1.807) is 11.0 Å². The first kappa shape index (κ1) is 16.1. The van der Waals surface area contributed by atoms with Crippen molar-refractivity contribution in [3.8, 4) is 0 Å². The van der Waals surface area contributed by atoms with Crippen molar-refractivity contribution in [2.75, 3.05) is 11.4 Å². The van der Waals surface area contributed by atoms with Crippen molar-refractivity contribution in [1.29, 1.82) is 0 Å². The van der Waals surface area contributed by atoms with Gasteiger partial charge in [-0.1, -0.05) is 0 Å². The zero-order valence-corrected chi connectivity index (χ0v) is 13.2. The van der Waals surface area contributed by atoms with Crippen LogP contribution in [-0.4, -0.2) is 40.1 Å². The van der Waals surface area contributed by atoms with E-state index in [4.69, 9.17) is 0 Å². The van der Waals surface area contributed by atoms with E-state index in [9.17, 15) is 24.5 Å². The summed E-state index contributed by atoms with van der Waals surface area (Å²) in [6, 6.07) is 4.35. The smallest absolute Gasteiger partial charge is 0.269 e. The number of nitro groups is 1. The van der Waals surface area contributed by atoms with Crippen LogP contribution in [-0.2, 0) is 20.8 Å². The highest BCUT2D eigenvalue weighted by Crippen LogP contribution is 2.35. The Morgan fingerprint density at radius 2 is 1.96 bits per heavy atom. The molecule has 1 aromatic rings. The number of anilines is 1. The Bertz CT molecular complexity index is 729. The molecule has 24 heavy (non-hydrogen) atoms. The summed E-state index contributed by atoms with van der Waals surface area (Å²) < 4.78 is 0. The second-order valence-electron chi connectivity index (χ2n) is 6.08. The van der Waals surface area contributed by atoms with Crippen LogP contribution in [0, 0.1) is 10.1 Å². The Hall–Kier alpha value is -2.77. The fourth-order valence-electron chi connectivity index (χ4n) is 3.31. The molecule has 0 spiro atoms. The zero-order chi connectivity index (χ0) is 17.4. The summed E-state index contributed by atoms with van der Waals surface area (Å²) in [6.45, 7) is 1.96. The standard InChI is InChI=1S/C16H17N3O5/c1-10-8-11-9-12(19(23)24)2-3-13(11)18(10)16(22)6-7-17-14(20)4-5-15(17)21/h2-3,9-10H,4-8H2,1H3/t10-/m0/s1. The van der Waals surface area contributed by atoms with Crippen molar-refractivity contribution < 1.29 is 19.3 Å². The third-order valence-electron chi connectivity index (χ3n) is 4.46. The van der Waals surface area contributed by atoms with Crippen LogP contribution in [0.3, 0.4) is 0 Å². The normalized spacial score (nSPS) is 19.8. The van der Waals surface area contributed by atoms with Gasteiger partial charge in [0.1, 0.15) is 0 Å². The highest BCUT2D eigenvalue weighted by molar-refractivity contribution is 6.03. The number of hydrogen-bond donors (Lipinski definition) is 0. The molecular weight excluding hydrogens is 314 g/mol. The number of hydrogen-bond acceptors (Lipinski definition) is 5. The van der Waals surface area contributed by atoms with Gasteiger partial charge in [-0.15, -0.1) is 0 Å². The number of rotatable bonds is 4. The Balaban J connectivity index is 1.73. The maximum Gasteiger partial charge on any atom is 0.269 e. The minimum Gasteiger partial charge on any atom is -0.309 e. The molecule has 3 amide bonds. The third kappa shape index (κ3) is 2.75. The summed E-state index contributed by atoms with van der Waals surface area (Å²) in [6.07, 6.45) is 1.02. The van der Waals surface area contributed by atoms with Crippen molar-refractivity contribution in [2.45, 2.75) is 38.6 Å². The molecule has 0 unspecified atom stereocenters. The quantitative estimate of drug-likeness (QED) is 0.472. The van der Waals surface area contributed by atoms with E-state index >= 15 is 0 Å². The summed E-state index contributed by atoms with van der Waals surface area (Å²) >= 11 is 0. The van der Waals surface area contributed by atoms with Crippen LogP contribution in [0.25, 0.3) is 0 Å². The van der Waals surface area contributed by atoms with E-state index in [-0.39, 0.29) is 55.3 Å². The lowest BCUT2D eigenvalue weighted by Gasteiger charge is -2.24. The summed E-state index contributed by atoms with van der Waals surface area (Å²) in [7, 11) is 0. The fourth-order valence-corrected chi connectivity index (χ4v) is 3.31. The topological polar surface area (TPSA) is 101 Å². The number of amides is 3. The minimum absolute atomic E-state index is 0.00325. The zero-order valence-electron chi connectivity index (χ0n) is 13.2. The molecule has 2 aliphatic rings. The Labute approximate surface area is 138 Å². The number of carbonyl (C=O) groups excluding carboxylic acids is 3. The molecule has 0 bridgehead atoms. The highest BCUT2D eigenvalue weighted by Gasteiger charge is 2.34. The van der Waals surface area contributed by atoms with Crippen LogP contribution < -0.4 is 4.90 Å². The molecular formula is C16H17N3O5. The van der Waals surface area contributed by atoms with Crippen LogP contribution in [0.15, 0.2) is 18.2 Å². The molecule has 2 aliphatic heterocycles. The molecule has 8 nitrogen and oxygen atoms in total. The molecule has 126 valence electrons. The molecule has 3 rings (SSSR count). The molecule has 1 atom stereocenters. The van der Waals surface area contributed by atoms with Gasteiger partial charge >= 0.3 is 0 Å². The van der Waals surface area contributed by atoms with Gasteiger partial charge in [0.25, 0.3) is 5.69 Å². The number of nitrogens with zero attached hydrogens (tertiary/aromatic N) is 3. The molecule has 1 saturated heterocycles. The largest absolute Gasteiger partial charge is 0.309 e. The number of likely N-dealkylation sites (tertiary alicyclic amines) is 1. The maximum absolute atomic E-state index is 12.6. The van der Waals surface area contributed by atoms with Crippen LogP contribution >= 0.6 is 0 Å². The van der Waals surface area contributed by atoms with Crippen molar-refractivity contribution in [2.24, 2.45) is 0 Å². The lowest BCUT2D eigenvalue weighted by molar-refractivity contribution is -0.384. The van der Waals surface area contributed by atoms with Crippen molar-refractivity contribution in [3.63, 3.8) is 0 Å². The van der Waals surface area contributed by atoms with E-state index in [1.165, 1.54) is 12.1 Å². The second-order valence-corrected chi connectivity index (χ2v) is 6.08. The van der Waals surface area contributed by atoms with E-state index in [2.05, 4.69) is 0 Å². The third-order valence-corrected chi connectivity index (χ3v) is 4.46. The Morgan fingerprint density at radius 1 is 1.29 bits per heavy atom. The molecule has 8 heteroatoms. The van der Waals surface area contributed by atoms with Gasteiger partial charge in [-0.3, -0.25) is 29.4 Å². The molecule has 1 aromatic carbocycles. The average molecular weight is 331 g/mol. The van der Waals surface area contributed by atoms with Gasteiger partial charge in [-0.2, -0.15) is 0 Å². The Morgan fingerprint density at radius 3 is 2.58 bits per heavy atom. The summed E-state index contributed by atoms with van der Waals surface area (Å²) in [4.78, 5) is 48.9. The molecule has 0 saturated carbocycles. The van der Waals surface area contributed by atoms with Gasteiger partial charge in [0.2, 0.25) is 17.7 Å². The number of benzene rings is 1. The van der Waals surface area contributed by atoms with Crippen molar-refractivity contribution >= 4 is 29.1 Å². The van der Waals surface area contributed by atoms with Crippen LogP contribution in [0.1, 0.15) is 31.7 Å². The van der Waals surface area contributed by atoms with Gasteiger partial charge in [0, 0.05) is 49.7 Å². The number of fused-ring (bicyclic) bond motifs is 1. The monoisotopic (exact) mass is 331 g/mol. The first-order valence-electron chi connectivity index (χ1n) is 7.81. The number of carbonyl (C=O) groups is 3. The van der Waals surface area contributed by atoms with Gasteiger partial charge in [-0.05, 0) is 25.0 Å². The van der Waals surface area contributed by atoms with E-state index in [1.807, 2.05) is 6.92 Å². The van der Waals surface area contributed by atoms with E-state index in [0.29, 0.717) is 12.1 Å². The van der Waals surface area contributed by atoms with Crippen molar-refractivity contribution in [1.82, 2.24) is 4.90 Å². The SMILES string of the molecule is C[C@H]1Cc2cc([N+](=O)[O-])ccc2N1C(=O)CCN1C(=O)CCC1=O. The lowest BCUT2D eigenvalue weighted by Crippen LogP contribution is -2.39. The number of non-ortho nitro benzene ring substituents is 1. The van der Waals surface area contributed by atoms with Gasteiger partial charge in [0.15, 0.2) is 0 Å². The summed E-state index contributed by atoms with van der Waals surface area (Å²) in [5.74, 6) is -0.667. The highest BCUT2D eigenvalue weighted by atomic mass is 16.6. The van der Waals surface area contributed by atoms with E-state index < -0.39 is 4.92 Å². The average Bonchev–Trinajstić information content (AvgIpc) is 3.03. The molecule has 2 heterocycles. The fraction of sp³-hybridized carbons (Fsp3) is 0.438. The maximum atomic E-state index is 12.6. The van der Waals surface area contributed by atoms with Crippen LogP contribution in [0.5, 0.6) is 0 Å². The predicted octanol–water partition coefficient (Wildman–Crippen LogP) is 1.41. The van der Waals surface area contributed by atoms with Crippen molar-refractivity contribution in [3.05, 3.63) is 33.9 Å². The minimum atomic E-state index is -0.458. The first-order chi connectivity index (χ1) is 11.4. The molecule has 0 radical (unpaired) electrons. The first-order valence-corrected chi connectivity index (χ1v) is 7.81. The number of nitro benzene ring substituents is 1. The van der Waals surface area contributed by atoms with Gasteiger partial charge in [0.05, 0.1) is 4.92 Å². The molecule has 0 aromatic heterocycles. The second kappa shape index (κ2) is 6.03. The number of imide groups is 1. The van der Waals surface area contributed by atoms with Crippen LogP contribution in [0.4, 0.5) is 11.4 Å². The lowest BCUT2D eigenvalue weighted by atomic mass is 10.1. The predicted molar refractivity (Wildman–Crippen MR) is 84.3 cm³/mol. The summed E-state index contributed by atoms with van der Waals surface area (Å²) in [5.41, 5.74) is 1.43. The summed E-state index contributed by atoms with van der Waals surface area (Å²) in [5, 5.41) is 10.9. The van der Waals surface area contributed by atoms with Gasteiger partial charge < -0.3 is 4.90 Å². The van der Waals surface area contributed by atoms with Crippen LogP contribution in [0.2, 0.25) is 0 Å².